The number of likely N-dealkylation sites (tertiary alicyclic amines) is 1. The number of carbonyl (C=O) groups is 2. The van der Waals surface area contributed by atoms with Gasteiger partial charge in [-0.15, -0.1) is 11.3 Å². The van der Waals surface area contributed by atoms with E-state index in [4.69, 9.17) is 5.11 Å². The second-order valence-corrected chi connectivity index (χ2v) is 5.66. The Bertz CT molecular complexity index is 460. The van der Waals surface area contributed by atoms with Crippen molar-refractivity contribution < 1.29 is 14.7 Å². The summed E-state index contributed by atoms with van der Waals surface area (Å²) in [5.74, 6) is -0.737. The number of aromatic nitrogens is 1. The Morgan fingerprint density at radius 1 is 1.50 bits per heavy atom. The lowest BCUT2D eigenvalue weighted by molar-refractivity contribution is -0.139. The molecule has 1 aliphatic heterocycles. The average Bonchev–Trinajstić information content (AvgIpc) is 2.50. The van der Waals surface area contributed by atoms with Gasteiger partial charge in [0.05, 0.1) is 12.1 Å². The lowest BCUT2D eigenvalue weighted by Crippen LogP contribution is -2.52. The number of urea groups is 1. The number of carboxylic acid groups (broad SMARTS) is 1. The van der Waals surface area contributed by atoms with E-state index in [0.29, 0.717) is 18.2 Å². The molecule has 0 atom stereocenters. The molecule has 1 aromatic heterocycles. The van der Waals surface area contributed by atoms with E-state index in [0.717, 1.165) is 10.6 Å². The molecule has 7 heteroatoms. The van der Waals surface area contributed by atoms with Crippen LogP contribution in [-0.2, 0) is 4.79 Å². The maximum absolute atomic E-state index is 11.8. The molecule has 0 saturated carbocycles. The number of aryl methyl sites for hydroxylation is 2. The van der Waals surface area contributed by atoms with Gasteiger partial charge in [-0.1, -0.05) is 0 Å². The summed E-state index contributed by atoms with van der Waals surface area (Å²) in [7, 11) is 0. The van der Waals surface area contributed by atoms with Crippen LogP contribution in [0.15, 0.2) is 0 Å². The van der Waals surface area contributed by atoms with E-state index in [-0.39, 0.29) is 18.4 Å². The lowest BCUT2D eigenvalue weighted by atomic mass is 9.97. The highest BCUT2D eigenvalue weighted by Crippen LogP contribution is 2.24. The number of carboxylic acids is 1. The van der Waals surface area contributed by atoms with E-state index >= 15 is 0 Å². The first-order valence-corrected chi connectivity index (χ1v) is 6.49. The lowest BCUT2D eigenvalue weighted by Gasteiger charge is -2.38. The van der Waals surface area contributed by atoms with Crippen LogP contribution in [0.4, 0.5) is 9.93 Å². The predicted octanol–water partition coefficient (Wildman–Crippen LogP) is 1.70. The van der Waals surface area contributed by atoms with Gasteiger partial charge in [0.25, 0.3) is 0 Å². The zero-order chi connectivity index (χ0) is 13.3. The van der Waals surface area contributed by atoms with Crippen LogP contribution >= 0.6 is 11.3 Å². The van der Waals surface area contributed by atoms with Crippen molar-refractivity contribution in [3.8, 4) is 0 Å². The summed E-state index contributed by atoms with van der Waals surface area (Å²) in [6.45, 7) is 4.85. The summed E-state index contributed by atoms with van der Waals surface area (Å²) in [6, 6.07) is -0.203. The minimum atomic E-state index is -0.814. The minimum Gasteiger partial charge on any atom is -0.481 e. The fraction of sp³-hybridized carbons (Fsp3) is 0.545. The van der Waals surface area contributed by atoms with E-state index in [1.165, 1.54) is 11.3 Å². The number of nitrogens with zero attached hydrogens (tertiary/aromatic N) is 2. The largest absolute Gasteiger partial charge is 0.481 e. The second kappa shape index (κ2) is 4.93. The molecule has 0 aromatic carbocycles. The zero-order valence-corrected chi connectivity index (χ0v) is 11.1. The van der Waals surface area contributed by atoms with Crippen molar-refractivity contribution in [2.45, 2.75) is 20.3 Å². The van der Waals surface area contributed by atoms with Crippen molar-refractivity contribution in [2.24, 2.45) is 5.92 Å². The molecule has 1 fully saturated rings. The van der Waals surface area contributed by atoms with Gasteiger partial charge in [0.1, 0.15) is 0 Å². The molecule has 0 radical (unpaired) electrons. The summed E-state index contributed by atoms with van der Waals surface area (Å²) in [5, 5.41) is 11.9. The zero-order valence-electron chi connectivity index (χ0n) is 10.3. The number of rotatable bonds is 3. The Morgan fingerprint density at radius 3 is 2.67 bits per heavy atom. The Hall–Kier alpha value is -1.63. The highest BCUT2D eigenvalue weighted by atomic mass is 32.1. The fourth-order valence-electron chi connectivity index (χ4n) is 1.81. The minimum absolute atomic E-state index is 0.0769. The molecule has 1 saturated heterocycles. The third-order valence-electron chi connectivity index (χ3n) is 2.95. The van der Waals surface area contributed by atoms with Gasteiger partial charge in [-0.3, -0.25) is 10.1 Å². The molecule has 1 aromatic rings. The quantitative estimate of drug-likeness (QED) is 0.875. The molecular formula is C11H15N3O3S. The summed E-state index contributed by atoms with van der Waals surface area (Å²) in [6.07, 6.45) is 0.124. The standard InChI is InChI=1S/C11H15N3O3S/c1-6-7(2)18-10(12-6)13-11(17)14-4-8(5-14)3-9(15)16/h8H,3-5H2,1-2H3,(H,15,16)(H,12,13,17). The van der Waals surface area contributed by atoms with E-state index in [2.05, 4.69) is 10.3 Å². The smallest absolute Gasteiger partial charge is 0.323 e. The van der Waals surface area contributed by atoms with Gasteiger partial charge < -0.3 is 10.0 Å². The number of anilines is 1. The Kier molecular flexibility index (Phi) is 3.51. The normalized spacial score (nSPS) is 15.3. The molecule has 0 unspecified atom stereocenters. The molecule has 0 spiro atoms. The van der Waals surface area contributed by atoms with Crippen LogP contribution in [0.1, 0.15) is 17.0 Å². The van der Waals surface area contributed by atoms with Crippen LogP contribution in [0.25, 0.3) is 0 Å². The SMILES string of the molecule is Cc1nc(NC(=O)N2CC(CC(=O)O)C2)sc1C. The number of thiazole rings is 1. The van der Waals surface area contributed by atoms with Crippen LogP contribution < -0.4 is 5.32 Å². The molecule has 1 aliphatic rings. The number of carbonyl (C=O) groups excluding carboxylic acids is 1. The average molecular weight is 269 g/mol. The van der Waals surface area contributed by atoms with Gasteiger partial charge in [0, 0.05) is 23.9 Å². The van der Waals surface area contributed by atoms with Crippen LogP contribution in [0, 0.1) is 19.8 Å². The molecule has 6 nitrogen and oxygen atoms in total. The van der Waals surface area contributed by atoms with E-state index < -0.39 is 5.97 Å². The predicted molar refractivity (Wildman–Crippen MR) is 67.9 cm³/mol. The van der Waals surface area contributed by atoms with E-state index in [1.807, 2.05) is 13.8 Å². The molecule has 2 rings (SSSR count). The van der Waals surface area contributed by atoms with Crippen molar-refractivity contribution in [3.05, 3.63) is 10.6 Å². The van der Waals surface area contributed by atoms with Crippen molar-refractivity contribution >= 4 is 28.5 Å². The van der Waals surface area contributed by atoms with Crippen LogP contribution in [-0.4, -0.2) is 40.1 Å². The molecule has 2 N–H and O–H groups in total. The van der Waals surface area contributed by atoms with Crippen molar-refractivity contribution in [1.29, 1.82) is 0 Å². The molecule has 0 aliphatic carbocycles. The highest BCUT2D eigenvalue weighted by Gasteiger charge is 2.32. The van der Waals surface area contributed by atoms with Gasteiger partial charge in [-0.25, -0.2) is 9.78 Å². The first kappa shape index (κ1) is 12.8. The Labute approximate surface area is 109 Å². The van der Waals surface area contributed by atoms with Crippen molar-refractivity contribution in [2.75, 3.05) is 18.4 Å². The van der Waals surface area contributed by atoms with Gasteiger partial charge in [0.15, 0.2) is 5.13 Å². The van der Waals surface area contributed by atoms with E-state index in [9.17, 15) is 9.59 Å². The number of aliphatic carboxylic acids is 1. The molecule has 2 amide bonds. The van der Waals surface area contributed by atoms with Crippen LogP contribution in [0.2, 0.25) is 0 Å². The topological polar surface area (TPSA) is 82.5 Å². The molecule has 18 heavy (non-hydrogen) atoms. The maximum Gasteiger partial charge on any atom is 0.323 e. The number of hydrogen-bond acceptors (Lipinski definition) is 4. The summed E-state index contributed by atoms with van der Waals surface area (Å²) in [4.78, 5) is 29.2. The van der Waals surface area contributed by atoms with Crippen molar-refractivity contribution in [3.63, 3.8) is 0 Å². The van der Waals surface area contributed by atoms with Gasteiger partial charge in [-0.05, 0) is 13.8 Å². The Balaban J connectivity index is 1.82. The third-order valence-corrected chi connectivity index (χ3v) is 3.94. The Morgan fingerprint density at radius 2 is 2.17 bits per heavy atom. The second-order valence-electron chi connectivity index (χ2n) is 4.46. The first-order chi connectivity index (χ1) is 8.45. The highest BCUT2D eigenvalue weighted by molar-refractivity contribution is 7.15. The summed E-state index contributed by atoms with van der Waals surface area (Å²) < 4.78 is 0. The summed E-state index contributed by atoms with van der Waals surface area (Å²) in [5.41, 5.74) is 0.919. The van der Waals surface area contributed by atoms with Gasteiger partial charge in [-0.2, -0.15) is 0 Å². The molecule has 98 valence electrons. The number of amides is 2. The third kappa shape index (κ3) is 2.79. The van der Waals surface area contributed by atoms with Crippen LogP contribution in [0.5, 0.6) is 0 Å². The van der Waals surface area contributed by atoms with Crippen molar-refractivity contribution in [1.82, 2.24) is 9.88 Å². The summed E-state index contributed by atoms with van der Waals surface area (Å²) >= 11 is 1.44. The number of hydrogen-bond donors (Lipinski definition) is 2. The number of nitrogens with one attached hydrogen (secondary N) is 1. The fourth-order valence-corrected chi connectivity index (χ4v) is 2.61. The molecule has 2 heterocycles. The molecular weight excluding hydrogens is 254 g/mol. The van der Waals surface area contributed by atoms with Crippen LogP contribution in [0.3, 0.4) is 0 Å². The first-order valence-electron chi connectivity index (χ1n) is 5.67. The van der Waals surface area contributed by atoms with E-state index in [1.54, 1.807) is 4.90 Å². The van der Waals surface area contributed by atoms with Gasteiger partial charge in [0.2, 0.25) is 0 Å². The van der Waals surface area contributed by atoms with Gasteiger partial charge >= 0.3 is 12.0 Å². The maximum atomic E-state index is 11.8. The molecule has 0 bridgehead atoms. The monoisotopic (exact) mass is 269 g/mol.